The Labute approximate surface area is 71.2 Å². The first kappa shape index (κ1) is 11.8. The number of hydrogen-bond acceptors (Lipinski definition) is 6. The molecule has 0 aromatic carbocycles. The Morgan fingerprint density at radius 1 is 0.667 bits per heavy atom. The fraction of sp³-hybridized carbons (Fsp3) is 1.00. The van der Waals surface area contributed by atoms with Gasteiger partial charge in [0.25, 0.3) is 0 Å². The summed E-state index contributed by atoms with van der Waals surface area (Å²) in [6.07, 6.45) is 0. The topological polar surface area (TPSA) is 87.4 Å². The van der Waals surface area contributed by atoms with Crippen LogP contribution in [0.3, 0.4) is 0 Å². The predicted molar refractivity (Wildman–Crippen MR) is 41.8 cm³/mol. The Morgan fingerprint density at radius 3 is 1.17 bits per heavy atom. The van der Waals surface area contributed by atoms with Gasteiger partial charge in [0.2, 0.25) is 0 Å². The third kappa shape index (κ3) is 3.96. The first-order valence-corrected chi connectivity index (χ1v) is 3.73. The van der Waals surface area contributed by atoms with E-state index in [4.69, 9.17) is 20.4 Å². The molecule has 6 nitrogen and oxygen atoms in total. The van der Waals surface area contributed by atoms with E-state index in [1.807, 2.05) is 0 Å². The molecule has 0 aromatic heterocycles. The Hall–Kier alpha value is -0.240. The van der Waals surface area contributed by atoms with Gasteiger partial charge >= 0.3 is 0 Å². The highest BCUT2D eigenvalue weighted by molar-refractivity contribution is 4.49. The van der Waals surface area contributed by atoms with Crippen LogP contribution in [0.2, 0.25) is 0 Å². The second-order valence-corrected chi connectivity index (χ2v) is 2.19. The van der Waals surface area contributed by atoms with Gasteiger partial charge in [-0.25, -0.2) is 10.0 Å². The molecule has 6 heteroatoms. The van der Waals surface area contributed by atoms with Gasteiger partial charge in [0, 0.05) is 13.1 Å². The summed E-state index contributed by atoms with van der Waals surface area (Å²) in [5.74, 6) is 0. The van der Waals surface area contributed by atoms with E-state index >= 15 is 0 Å². The van der Waals surface area contributed by atoms with Crippen molar-refractivity contribution in [3.05, 3.63) is 0 Å². The van der Waals surface area contributed by atoms with Crippen LogP contribution in [0.15, 0.2) is 0 Å². The maximum atomic E-state index is 8.77. The molecule has 0 unspecified atom stereocenters. The molecule has 74 valence electrons. The normalized spacial score (nSPS) is 11.5. The lowest BCUT2D eigenvalue weighted by molar-refractivity contribution is -0.131. The standard InChI is InChI=1S/C6H16N2O4/c9-3-1-7(5-11)8(6-12)2-4-10/h9-12H,1-6H2. The van der Waals surface area contributed by atoms with Crippen molar-refractivity contribution in [2.24, 2.45) is 0 Å². The Balaban J connectivity index is 3.84. The highest BCUT2D eigenvalue weighted by atomic mass is 16.3. The first-order valence-electron chi connectivity index (χ1n) is 3.73. The lowest BCUT2D eigenvalue weighted by atomic mass is 10.6. The maximum Gasteiger partial charge on any atom is 0.109 e. The Bertz CT molecular complexity index is 91.5. The summed E-state index contributed by atoms with van der Waals surface area (Å²) in [6, 6.07) is 0. The van der Waals surface area contributed by atoms with Crippen LogP contribution in [0.5, 0.6) is 0 Å². The molecule has 0 fully saturated rings. The molecule has 0 saturated heterocycles. The minimum atomic E-state index is -0.291. The molecule has 0 bridgehead atoms. The zero-order valence-electron chi connectivity index (χ0n) is 6.93. The van der Waals surface area contributed by atoms with Gasteiger partial charge in [0.05, 0.1) is 13.2 Å². The van der Waals surface area contributed by atoms with Gasteiger partial charge in [-0.3, -0.25) is 0 Å². The van der Waals surface area contributed by atoms with Crippen LogP contribution < -0.4 is 0 Å². The summed E-state index contributed by atoms with van der Waals surface area (Å²) in [5, 5.41) is 37.3. The number of aliphatic hydroxyl groups excluding tert-OH is 4. The molecule has 0 heterocycles. The summed E-state index contributed by atoms with van der Waals surface area (Å²) < 4.78 is 0. The van der Waals surface area contributed by atoms with E-state index in [0.717, 1.165) is 0 Å². The molecule has 0 aliphatic rings. The summed E-state index contributed by atoms with van der Waals surface area (Å²) in [6.45, 7) is -0.332. The van der Waals surface area contributed by atoms with Gasteiger partial charge in [-0.05, 0) is 0 Å². The third-order valence-corrected chi connectivity index (χ3v) is 1.44. The highest BCUT2D eigenvalue weighted by Crippen LogP contribution is 1.93. The van der Waals surface area contributed by atoms with E-state index in [2.05, 4.69) is 0 Å². The summed E-state index contributed by atoms with van der Waals surface area (Å²) in [5.41, 5.74) is 0. The molecule has 0 aliphatic carbocycles. The third-order valence-electron chi connectivity index (χ3n) is 1.44. The Morgan fingerprint density at radius 2 is 1.00 bits per heavy atom. The van der Waals surface area contributed by atoms with E-state index in [9.17, 15) is 0 Å². The number of hydrogen-bond donors (Lipinski definition) is 4. The lowest BCUT2D eigenvalue weighted by Gasteiger charge is -2.30. The van der Waals surface area contributed by atoms with Crippen LogP contribution in [0, 0.1) is 0 Å². The highest BCUT2D eigenvalue weighted by Gasteiger charge is 2.11. The van der Waals surface area contributed by atoms with Crippen LogP contribution in [-0.2, 0) is 0 Å². The number of nitrogens with zero attached hydrogens (tertiary/aromatic N) is 2. The fourth-order valence-corrected chi connectivity index (χ4v) is 0.834. The van der Waals surface area contributed by atoms with Crippen molar-refractivity contribution in [3.8, 4) is 0 Å². The largest absolute Gasteiger partial charge is 0.395 e. The van der Waals surface area contributed by atoms with Gasteiger partial charge < -0.3 is 20.4 Å². The van der Waals surface area contributed by atoms with Crippen molar-refractivity contribution in [2.75, 3.05) is 39.8 Å². The van der Waals surface area contributed by atoms with E-state index in [1.54, 1.807) is 0 Å². The molecule has 0 radical (unpaired) electrons. The average Bonchev–Trinajstić information content (AvgIpc) is 2.11. The van der Waals surface area contributed by atoms with E-state index in [1.165, 1.54) is 10.0 Å². The van der Waals surface area contributed by atoms with E-state index in [0.29, 0.717) is 0 Å². The van der Waals surface area contributed by atoms with Crippen molar-refractivity contribution in [3.63, 3.8) is 0 Å². The van der Waals surface area contributed by atoms with Gasteiger partial charge in [-0.2, -0.15) is 0 Å². The SMILES string of the molecule is OCCN(CO)N(CO)CCO. The van der Waals surface area contributed by atoms with Crippen LogP contribution in [0.1, 0.15) is 0 Å². The van der Waals surface area contributed by atoms with Crippen LogP contribution in [0.25, 0.3) is 0 Å². The number of aliphatic hydroxyl groups is 4. The van der Waals surface area contributed by atoms with Crippen LogP contribution >= 0.6 is 0 Å². The van der Waals surface area contributed by atoms with Crippen LogP contribution in [-0.4, -0.2) is 70.2 Å². The molecular weight excluding hydrogens is 164 g/mol. The number of hydrazine groups is 1. The average molecular weight is 180 g/mol. The molecule has 0 amide bonds. The van der Waals surface area contributed by atoms with Gasteiger partial charge in [0.15, 0.2) is 0 Å². The quantitative estimate of drug-likeness (QED) is 0.254. The van der Waals surface area contributed by atoms with Gasteiger partial charge in [-0.1, -0.05) is 0 Å². The molecule has 4 N–H and O–H groups in total. The fourth-order valence-electron chi connectivity index (χ4n) is 0.834. The first-order chi connectivity index (χ1) is 5.79. The van der Waals surface area contributed by atoms with E-state index in [-0.39, 0.29) is 39.8 Å². The van der Waals surface area contributed by atoms with Crippen molar-refractivity contribution in [1.29, 1.82) is 0 Å². The predicted octanol–water partition coefficient (Wildman–Crippen LogP) is -2.61. The van der Waals surface area contributed by atoms with Crippen molar-refractivity contribution < 1.29 is 20.4 Å². The molecule has 0 aromatic rings. The molecule has 0 aliphatic heterocycles. The molecule has 0 atom stereocenters. The van der Waals surface area contributed by atoms with Crippen LogP contribution in [0.4, 0.5) is 0 Å². The second kappa shape index (κ2) is 7.41. The van der Waals surface area contributed by atoms with Gasteiger partial charge in [-0.15, -0.1) is 0 Å². The zero-order chi connectivity index (χ0) is 9.40. The lowest BCUT2D eigenvalue weighted by Crippen LogP contribution is -2.46. The summed E-state index contributed by atoms with van der Waals surface area (Å²) in [4.78, 5) is 0. The molecule has 0 spiro atoms. The monoisotopic (exact) mass is 180 g/mol. The number of rotatable bonds is 7. The molecule has 12 heavy (non-hydrogen) atoms. The second-order valence-electron chi connectivity index (χ2n) is 2.19. The zero-order valence-corrected chi connectivity index (χ0v) is 6.93. The van der Waals surface area contributed by atoms with Crippen molar-refractivity contribution >= 4 is 0 Å². The smallest absolute Gasteiger partial charge is 0.109 e. The van der Waals surface area contributed by atoms with Crippen molar-refractivity contribution in [2.45, 2.75) is 0 Å². The minimum absolute atomic E-state index is 0.109. The maximum absolute atomic E-state index is 8.77. The van der Waals surface area contributed by atoms with E-state index < -0.39 is 0 Å². The Kier molecular flexibility index (Phi) is 7.26. The molecule has 0 rings (SSSR count). The van der Waals surface area contributed by atoms with Crippen molar-refractivity contribution in [1.82, 2.24) is 10.0 Å². The summed E-state index contributed by atoms with van der Waals surface area (Å²) in [7, 11) is 0. The summed E-state index contributed by atoms with van der Waals surface area (Å²) >= 11 is 0. The molecular formula is C6H16N2O4. The minimum Gasteiger partial charge on any atom is -0.395 e. The molecule has 0 saturated carbocycles. The van der Waals surface area contributed by atoms with Gasteiger partial charge in [0.1, 0.15) is 13.5 Å².